The Balaban J connectivity index is 2.03. The molecule has 1 aromatic carbocycles. The standard InChI is InChI=1S/C19H26N2O2/c1-15-7-9-16(10-8-15)18(14-17-6-4-13-23-17)19(22)20-11-5-12-21(2)3/h4,6-10,13,18H,5,11-12,14H2,1-3H3,(H,20,22). The van der Waals surface area contributed by atoms with E-state index >= 15 is 0 Å². The lowest BCUT2D eigenvalue weighted by Gasteiger charge is -2.17. The van der Waals surface area contributed by atoms with E-state index in [2.05, 4.69) is 10.2 Å². The molecular formula is C19H26N2O2. The van der Waals surface area contributed by atoms with Crippen LogP contribution in [0.15, 0.2) is 47.1 Å². The summed E-state index contributed by atoms with van der Waals surface area (Å²) in [5.74, 6) is 0.670. The molecule has 2 rings (SSSR count). The number of hydrogen-bond acceptors (Lipinski definition) is 3. The van der Waals surface area contributed by atoms with Crippen LogP contribution in [0.3, 0.4) is 0 Å². The Morgan fingerprint density at radius 1 is 1.22 bits per heavy atom. The summed E-state index contributed by atoms with van der Waals surface area (Å²) < 4.78 is 5.43. The quantitative estimate of drug-likeness (QED) is 0.762. The van der Waals surface area contributed by atoms with E-state index < -0.39 is 0 Å². The fourth-order valence-electron chi connectivity index (χ4n) is 2.52. The summed E-state index contributed by atoms with van der Waals surface area (Å²) in [6.45, 7) is 3.71. The minimum atomic E-state index is -0.221. The Bertz CT molecular complexity index is 588. The third kappa shape index (κ3) is 5.57. The van der Waals surface area contributed by atoms with Gasteiger partial charge in [-0.3, -0.25) is 4.79 Å². The molecule has 23 heavy (non-hydrogen) atoms. The van der Waals surface area contributed by atoms with E-state index in [9.17, 15) is 4.79 Å². The second-order valence-electron chi connectivity index (χ2n) is 6.19. The molecule has 1 aromatic heterocycles. The van der Waals surface area contributed by atoms with Crippen molar-refractivity contribution in [2.24, 2.45) is 0 Å². The van der Waals surface area contributed by atoms with Crippen LogP contribution >= 0.6 is 0 Å². The van der Waals surface area contributed by atoms with Gasteiger partial charge in [0.2, 0.25) is 5.91 Å². The van der Waals surface area contributed by atoms with Crippen LogP contribution in [0, 0.1) is 6.92 Å². The van der Waals surface area contributed by atoms with E-state index in [0.717, 1.165) is 24.3 Å². The maximum atomic E-state index is 12.6. The average molecular weight is 314 g/mol. The number of rotatable bonds is 8. The van der Waals surface area contributed by atoms with Gasteiger partial charge in [-0.25, -0.2) is 0 Å². The third-order valence-electron chi connectivity index (χ3n) is 3.86. The predicted molar refractivity (Wildman–Crippen MR) is 92.5 cm³/mol. The summed E-state index contributed by atoms with van der Waals surface area (Å²) in [5, 5.41) is 3.06. The Labute approximate surface area is 138 Å². The van der Waals surface area contributed by atoms with Crippen LogP contribution < -0.4 is 5.32 Å². The Kier molecular flexibility index (Phi) is 6.41. The highest BCUT2D eigenvalue weighted by Crippen LogP contribution is 2.22. The van der Waals surface area contributed by atoms with Crippen molar-refractivity contribution in [2.45, 2.75) is 25.7 Å². The number of amides is 1. The highest BCUT2D eigenvalue weighted by Gasteiger charge is 2.22. The van der Waals surface area contributed by atoms with Gasteiger partial charge in [-0.05, 0) is 51.7 Å². The number of hydrogen-bond donors (Lipinski definition) is 1. The SMILES string of the molecule is Cc1ccc(C(Cc2ccco2)C(=O)NCCCN(C)C)cc1. The fraction of sp³-hybridized carbons (Fsp3) is 0.421. The van der Waals surface area contributed by atoms with Crippen molar-refractivity contribution in [3.8, 4) is 0 Å². The minimum Gasteiger partial charge on any atom is -0.469 e. The molecule has 4 nitrogen and oxygen atoms in total. The van der Waals surface area contributed by atoms with Crippen molar-refractivity contribution in [3.05, 3.63) is 59.5 Å². The van der Waals surface area contributed by atoms with E-state index in [1.54, 1.807) is 6.26 Å². The number of nitrogens with one attached hydrogen (secondary N) is 1. The van der Waals surface area contributed by atoms with Crippen LogP contribution in [-0.2, 0) is 11.2 Å². The van der Waals surface area contributed by atoms with Crippen molar-refractivity contribution < 1.29 is 9.21 Å². The second-order valence-corrected chi connectivity index (χ2v) is 6.19. The zero-order valence-corrected chi connectivity index (χ0v) is 14.2. The first-order valence-electron chi connectivity index (χ1n) is 8.07. The topological polar surface area (TPSA) is 45.5 Å². The molecule has 0 aliphatic carbocycles. The smallest absolute Gasteiger partial charge is 0.228 e. The lowest BCUT2D eigenvalue weighted by atomic mass is 9.93. The van der Waals surface area contributed by atoms with Gasteiger partial charge in [0.15, 0.2) is 0 Å². The molecule has 1 N–H and O–H groups in total. The third-order valence-corrected chi connectivity index (χ3v) is 3.86. The van der Waals surface area contributed by atoms with E-state index in [0.29, 0.717) is 13.0 Å². The predicted octanol–water partition coefficient (Wildman–Crippen LogP) is 2.98. The fourth-order valence-corrected chi connectivity index (χ4v) is 2.52. The molecule has 0 aliphatic heterocycles. The maximum Gasteiger partial charge on any atom is 0.228 e. The molecule has 1 heterocycles. The molecule has 0 bridgehead atoms. The first-order valence-corrected chi connectivity index (χ1v) is 8.07. The van der Waals surface area contributed by atoms with Crippen molar-refractivity contribution in [2.75, 3.05) is 27.2 Å². The van der Waals surface area contributed by atoms with E-state index in [-0.39, 0.29) is 11.8 Å². The van der Waals surface area contributed by atoms with E-state index in [4.69, 9.17) is 4.42 Å². The lowest BCUT2D eigenvalue weighted by Crippen LogP contribution is -2.32. The molecule has 1 atom stereocenters. The summed E-state index contributed by atoms with van der Waals surface area (Å²) in [6.07, 6.45) is 3.17. The van der Waals surface area contributed by atoms with Crippen molar-refractivity contribution in [1.82, 2.24) is 10.2 Å². The van der Waals surface area contributed by atoms with Gasteiger partial charge in [0.05, 0.1) is 12.2 Å². The molecule has 0 fully saturated rings. The molecule has 0 spiro atoms. The van der Waals surface area contributed by atoms with Crippen LogP contribution in [0.4, 0.5) is 0 Å². The first kappa shape index (κ1) is 17.3. The minimum absolute atomic E-state index is 0.0593. The van der Waals surface area contributed by atoms with Crippen LogP contribution in [-0.4, -0.2) is 38.0 Å². The maximum absolute atomic E-state index is 12.6. The number of benzene rings is 1. The van der Waals surface area contributed by atoms with Crippen LogP contribution in [0.25, 0.3) is 0 Å². The van der Waals surface area contributed by atoms with E-state index in [1.807, 2.05) is 57.4 Å². The zero-order chi connectivity index (χ0) is 16.7. The largest absolute Gasteiger partial charge is 0.469 e. The van der Waals surface area contributed by atoms with Gasteiger partial charge in [-0.2, -0.15) is 0 Å². The molecule has 2 aromatic rings. The summed E-state index contributed by atoms with van der Waals surface area (Å²) in [6, 6.07) is 11.9. The Hall–Kier alpha value is -2.07. The average Bonchev–Trinajstić information content (AvgIpc) is 3.03. The number of carbonyl (C=O) groups excluding carboxylic acids is 1. The highest BCUT2D eigenvalue weighted by atomic mass is 16.3. The summed E-state index contributed by atoms with van der Waals surface area (Å²) in [5.41, 5.74) is 2.22. The zero-order valence-electron chi connectivity index (χ0n) is 14.2. The Morgan fingerprint density at radius 3 is 2.57 bits per heavy atom. The molecule has 0 aliphatic rings. The normalized spacial score (nSPS) is 12.3. The first-order chi connectivity index (χ1) is 11.1. The molecule has 1 unspecified atom stereocenters. The summed E-state index contributed by atoms with van der Waals surface area (Å²) in [7, 11) is 4.07. The highest BCUT2D eigenvalue weighted by molar-refractivity contribution is 5.83. The number of aryl methyl sites for hydroxylation is 1. The molecular weight excluding hydrogens is 288 g/mol. The molecule has 124 valence electrons. The Morgan fingerprint density at radius 2 is 1.96 bits per heavy atom. The molecule has 4 heteroatoms. The molecule has 0 saturated heterocycles. The van der Waals surface area contributed by atoms with Crippen LogP contribution in [0.1, 0.15) is 29.2 Å². The van der Waals surface area contributed by atoms with Crippen LogP contribution in [0.2, 0.25) is 0 Å². The van der Waals surface area contributed by atoms with Gasteiger partial charge in [0.25, 0.3) is 0 Å². The van der Waals surface area contributed by atoms with Gasteiger partial charge >= 0.3 is 0 Å². The number of furan rings is 1. The van der Waals surface area contributed by atoms with Crippen molar-refractivity contribution in [3.63, 3.8) is 0 Å². The van der Waals surface area contributed by atoms with Gasteiger partial charge in [0, 0.05) is 13.0 Å². The van der Waals surface area contributed by atoms with Gasteiger partial charge in [-0.15, -0.1) is 0 Å². The van der Waals surface area contributed by atoms with Crippen molar-refractivity contribution >= 4 is 5.91 Å². The van der Waals surface area contributed by atoms with Crippen molar-refractivity contribution in [1.29, 1.82) is 0 Å². The number of carbonyl (C=O) groups is 1. The van der Waals surface area contributed by atoms with Gasteiger partial charge in [-0.1, -0.05) is 29.8 Å². The summed E-state index contributed by atoms with van der Waals surface area (Å²) in [4.78, 5) is 14.8. The monoisotopic (exact) mass is 314 g/mol. The van der Waals surface area contributed by atoms with Gasteiger partial charge < -0.3 is 14.6 Å². The lowest BCUT2D eigenvalue weighted by molar-refractivity contribution is -0.122. The molecule has 0 saturated carbocycles. The molecule has 1 amide bonds. The molecule has 0 radical (unpaired) electrons. The second kappa shape index (κ2) is 8.53. The van der Waals surface area contributed by atoms with E-state index in [1.165, 1.54) is 5.56 Å². The summed E-state index contributed by atoms with van der Waals surface area (Å²) >= 11 is 0. The van der Waals surface area contributed by atoms with Gasteiger partial charge in [0.1, 0.15) is 5.76 Å². The number of nitrogens with zero attached hydrogens (tertiary/aromatic N) is 1. The van der Waals surface area contributed by atoms with Crippen LogP contribution in [0.5, 0.6) is 0 Å².